The predicted octanol–water partition coefficient (Wildman–Crippen LogP) is 5.58. The second-order valence-electron chi connectivity index (χ2n) is 11.3. The summed E-state index contributed by atoms with van der Waals surface area (Å²) in [7, 11) is 0. The van der Waals surface area contributed by atoms with Gasteiger partial charge >= 0.3 is 0 Å². The lowest BCUT2D eigenvalue weighted by Crippen LogP contribution is -2.60. The third kappa shape index (κ3) is 3.75. The van der Waals surface area contributed by atoms with Gasteiger partial charge in [-0.1, -0.05) is 36.3 Å². The number of hydrogen-bond acceptors (Lipinski definition) is 2. The van der Waals surface area contributed by atoms with Crippen LogP contribution in [0.4, 0.5) is 0 Å². The molecule has 4 atom stereocenters. The summed E-state index contributed by atoms with van der Waals surface area (Å²) in [5.41, 5.74) is 4.20. The maximum Gasteiger partial charge on any atom is 0.223 e. The summed E-state index contributed by atoms with van der Waals surface area (Å²) in [4.78, 5) is 18.7. The molecule has 2 aromatic rings. The van der Waals surface area contributed by atoms with Crippen LogP contribution in [0.1, 0.15) is 70.4 Å². The molecule has 4 aliphatic rings. The minimum Gasteiger partial charge on any atom is -0.345 e. The van der Waals surface area contributed by atoms with Crippen molar-refractivity contribution in [2.24, 2.45) is 11.8 Å². The Morgan fingerprint density at radius 2 is 2.00 bits per heavy atom. The molecule has 3 aliphatic heterocycles. The van der Waals surface area contributed by atoms with Crippen molar-refractivity contribution < 1.29 is 4.79 Å². The normalized spacial score (nSPS) is 29.7. The fourth-order valence-corrected chi connectivity index (χ4v) is 7.54. The minimum atomic E-state index is 0.363. The summed E-state index contributed by atoms with van der Waals surface area (Å²) < 4.78 is 2.36. The topological polar surface area (TPSA) is 28.5 Å². The number of amides is 1. The van der Waals surface area contributed by atoms with Gasteiger partial charge in [0.1, 0.15) is 0 Å². The van der Waals surface area contributed by atoms with Gasteiger partial charge in [-0.2, -0.15) is 0 Å². The molecule has 1 aliphatic carbocycles. The molecule has 33 heavy (non-hydrogen) atoms. The van der Waals surface area contributed by atoms with E-state index in [-0.39, 0.29) is 0 Å². The van der Waals surface area contributed by atoms with Crippen LogP contribution in [-0.4, -0.2) is 52.0 Å². The number of likely N-dealkylation sites (tertiary alicyclic amines) is 1. The molecular formula is C29H39N3O. The van der Waals surface area contributed by atoms with E-state index in [4.69, 9.17) is 0 Å². The fraction of sp³-hybridized carbons (Fsp3) is 0.621. The molecule has 0 saturated carbocycles. The molecule has 0 radical (unpaired) electrons. The molecule has 0 N–H and O–H groups in total. The van der Waals surface area contributed by atoms with Crippen molar-refractivity contribution in [2.45, 2.75) is 83.3 Å². The van der Waals surface area contributed by atoms with Gasteiger partial charge in [0.2, 0.25) is 5.91 Å². The SMILES string of the molecule is CC(C)n1cc(CCC(=O)N2CCCC3=C[C@H]4C[C@H](CN5CCCC[C@H]45)[C@H]32)c2ccccc21. The molecule has 3 fully saturated rings. The van der Waals surface area contributed by atoms with E-state index in [2.05, 4.69) is 64.8 Å². The van der Waals surface area contributed by atoms with Gasteiger partial charge in [0.05, 0.1) is 6.04 Å². The number of piperidine rings is 3. The van der Waals surface area contributed by atoms with Crippen LogP contribution >= 0.6 is 0 Å². The van der Waals surface area contributed by atoms with Crippen molar-refractivity contribution in [3.8, 4) is 0 Å². The van der Waals surface area contributed by atoms with Crippen LogP contribution in [0.15, 0.2) is 42.1 Å². The van der Waals surface area contributed by atoms with Crippen LogP contribution < -0.4 is 0 Å². The molecule has 0 spiro atoms. The molecule has 1 amide bonds. The van der Waals surface area contributed by atoms with Gasteiger partial charge in [0, 0.05) is 48.7 Å². The van der Waals surface area contributed by atoms with Gasteiger partial charge in [-0.3, -0.25) is 9.69 Å². The van der Waals surface area contributed by atoms with Crippen LogP contribution in [-0.2, 0) is 11.2 Å². The molecular weight excluding hydrogens is 406 g/mol. The molecule has 1 aromatic heterocycles. The number of fused-ring (bicyclic) bond motifs is 7. The molecule has 0 unspecified atom stereocenters. The number of aryl methyl sites for hydroxylation is 1. The summed E-state index contributed by atoms with van der Waals surface area (Å²) in [6.07, 6.45) is 14.1. The average molecular weight is 446 g/mol. The lowest BCUT2D eigenvalue weighted by atomic mass is 9.68. The summed E-state index contributed by atoms with van der Waals surface area (Å²) in [5, 5.41) is 1.31. The monoisotopic (exact) mass is 445 g/mol. The highest BCUT2D eigenvalue weighted by atomic mass is 16.2. The van der Waals surface area contributed by atoms with E-state index in [0.29, 0.717) is 30.3 Å². The van der Waals surface area contributed by atoms with E-state index >= 15 is 0 Å². The zero-order valence-corrected chi connectivity index (χ0v) is 20.4. The van der Waals surface area contributed by atoms with Gasteiger partial charge in [-0.05, 0) is 82.4 Å². The second-order valence-corrected chi connectivity index (χ2v) is 11.3. The maximum atomic E-state index is 13.6. The zero-order chi connectivity index (χ0) is 22.5. The Labute approximate surface area is 198 Å². The Balaban J connectivity index is 1.21. The molecule has 3 saturated heterocycles. The van der Waals surface area contributed by atoms with E-state index < -0.39 is 0 Å². The Morgan fingerprint density at radius 3 is 2.88 bits per heavy atom. The van der Waals surface area contributed by atoms with Crippen LogP contribution in [0.5, 0.6) is 0 Å². The Kier molecular flexibility index (Phi) is 5.60. The molecule has 2 bridgehead atoms. The van der Waals surface area contributed by atoms with E-state index in [1.54, 1.807) is 5.57 Å². The minimum absolute atomic E-state index is 0.363. The molecule has 176 valence electrons. The zero-order valence-electron chi connectivity index (χ0n) is 20.4. The van der Waals surface area contributed by atoms with Crippen LogP contribution in [0.25, 0.3) is 10.9 Å². The highest BCUT2D eigenvalue weighted by Gasteiger charge is 2.46. The van der Waals surface area contributed by atoms with Crippen molar-refractivity contribution in [3.63, 3.8) is 0 Å². The van der Waals surface area contributed by atoms with E-state index in [9.17, 15) is 4.79 Å². The summed E-state index contributed by atoms with van der Waals surface area (Å²) >= 11 is 0. The van der Waals surface area contributed by atoms with Crippen molar-refractivity contribution in [1.29, 1.82) is 0 Å². The summed E-state index contributed by atoms with van der Waals surface area (Å²) in [5.74, 6) is 1.73. The number of carbonyl (C=O) groups excluding carboxylic acids is 1. The van der Waals surface area contributed by atoms with Crippen LogP contribution in [0.3, 0.4) is 0 Å². The number of benzene rings is 1. The largest absolute Gasteiger partial charge is 0.345 e. The lowest BCUT2D eigenvalue weighted by molar-refractivity contribution is -0.136. The first-order valence-electron chi connectivity index (χ1n) is 13.4. The first kappa shape index (κ1) is 21.5. The maximum absolute atomic E-state index is 13.6. The highest BCUT2D eigenvalue weighted by Crippen LogP contribution is 2.45. The Hall–Kier alpha value is -2.07. The summed E-state index contributed by atoms with van der Waals surface area (Å²) in [6, 6.07) is 10.2. The quantitative estimate of drug-likeness (QED) is 0.575. The van der Waals surface area contributed by atoms with Crippen LogP contribution in [0.2, 0.25) is 0 Å². The van der Waals surface area contributed by atoms with Crippen molar-refractivity contribution in [3.05, 3.63) is 47.7 Å². The second kappa shape index (κ2) is 8.61. The molecule has 4 heteroatoms. The number of aromatic nitrogens is 1. The average Bonchev–Trinajstić information content (AvgIpc) is 3.21. The summed E-state index contributed by atoms with van der Waals surface area (Å²) in [6.45, 7) is 7.88. The van der Waals surface area contributed by atoms with E-state index in [1.165, 1.54) is 61.7 Å². The number of para-hydroxylation sites is 1. The van der Waals surface area contributed by atoms with E-state index in [0.717, 1.165) is 31.3 Å². The fourth-order valence-electron chi connectivity index (χ4n) is 7.54. The Bertz CT molecular complexity index is 1070. The van der Waals surface area contributed by atoms with Crippen molar-refractivity contribution in [2.75, 3.05) is 19.6 Å². The molecule has 4 heterocycles. The standard InChI is InChI=1S/C29H39N3O/c1-20(2)32-19-22(25-9-3-4-11-27(25)32)12-13-28(33)31-15-7-8-21-16-23-17-24(29(21)31)18-30-14-6-5-10-26(23)30/h3-4,9,11,16,19-20,23-24,26,29H,5-8,10,12-15,17-18H2,1-2H3/t23-,24+,26+,29-/m0/s1. The van der Waals surface area contributed by atoms with Gasteiger partial charge in [-0.25, -0.2) is 0 Å². The Morgan fingerprint density at radius 1 is 1.12 bits per heavy atom. The van der Waals surface area contributed by atoms with Gasteiger partial charge in [0.15, 0.2) is 0 Å². The first-order valence-corrected chi connectivity index (χ1v) is 13.4. The smallest absolute Gasteiger partial charge is 0.223 e. The predicted molar refractivity (Wildman–Crippen MR) is 134 cm³/mol. The van der Waals surface area contributed by atoms with Gasteiger partial charge in [0.25, 0.3) is 0 Å². The third-order valence-corrected chi connectivity index (χ3v) is 8.97. The number of nitrogens with zero attached hydrogens (tertiary/aromatic N) is 3. The lowest BCUT2D eigenvalue weighted by Gasteiger charge is -2.54. The number of rotatable bonds is 4. The van der Waals surface area contributed by atoms with Crippen molar-refractivity contribution in [1.82, 2.24) is 14.4 Å². The molecule has 1 aromatic carbocycles. The third-order valence-electron chi connectivity index (χ3n) is 8.97. The first-order chi connectivity index (χ1) is 16.1. The number of carbonyl (C=O) groups is 1. The van der Waals surface area contributed by atoms with Crippen molar-refractivity contribution >= 4 is 16.8 Å². The number of hydrogen-bond donors (Lipinski definition) is 0. The molecule has 4 nitrogen and oxygen atoms in total. The van der Waals surface area contributed by atoms with Gasteiger partial charge in [-0.15, -0.1) is 0 Å². The molecule has 6 rings (SSSR count). The van der Waals surface area contributed by atoms with E-state index in [1.807, 2.05) is 0 Å². The highest BCUT2D eigenvalue weighted by molar-refractivity contribution is 5.85. The van der Waals surface area contributed by atoms with Gasteiger partial charge < -0.3 is 9.47 Å². The van der Waals surface area contributed by atoms with Crippen LogP contribution in [0, 0.1) is 11.8 Å².